The van der Waals surface area contributed by atoms with E-state index in [-0.39, 0.29) is 11.3 Å². The van der Waals surface area contributed by atoms with Crippen LogP contribution in [-0.4, -0.2) is 45.2 Å². The Labute approximate surface area is 184 Å². The topological polar surface area (TPSA) is 88.2 Å². The molecule has 2 fully saturated rings. The largest absolute Gasteiger partial charge is 0.496 e. The Hall–Kier alpha value is -3.88. The van der Waals surface area contributed by atoms with Gasteiger partial charge < -0.3 is 14.4 Å². The second-order valence-electron chi connectivity index (χ2n) is 7.37. The SMILES string of the molecule is COc1cc(N2CCCC2)c(OC)cc1/C=C1\C(=O)NC(=O)N(c2ccccc2F)C1=O. The molecule has 0 radical (unpaired) electrons. The molecule has 9 heteroatoms. The molecule has 0 atom stereocenters. The standard InChI is InChI=1S/C23H22FN3O5/c1-31-19-13-18(26-9-5-6-10-26)20(32-2)12-14(19)11-15-21(28)25-23(30)27(22(15)29)17-8-4-3-7-16(17)24/h3-4,7-8,11-13H,5-6,9-10H2,1-2H3,(H,25,28,30)/b15-11+. The lowest BCUT2D eigenvalue weighted by molar-refractivity contribution is -0.122. The summed E-state index contributed by atoms with van der Waals surface area (Å²) in [5, 5.41) is 2.09. The summed E-state index contributed by atoms with van der Waals surface area (Å²) in [6.07, 6.45) is 3.46. The van der Waals surface area contributed by atoms with Gasteiger partial charge in [0.05, 0.1) is 25.6 Å². The average molecular weight is 439 g/mol. The van der Waals surface area contributed by atoms with Crippen molar-refractivity contribution < 1.29 is 28.2 Å². The van der Waals surface area contributed by atoms with Gasteiger partial charge in [0.15, 0.2) is 0 Å². The van der Waals surface area contributed by atoms with Crippen molar-refractivity contribution in [1.82, 2.24) is 5.32 Å². The zero-order chi connectivity index (χ0) is 22.8. The van der Waals surface area contributed by atoms with Crippen molar-refractivity contribution in [3.63, 3.8) is 0 Å². The van der Waals surface area contributed by atoms with E-state index in [1.165, 1.54) is 38.5 Å². The number of imide groups is 2. The van der Waals surface area contributed by atoms with Crippen LogP contribution in [0.3, 0.4) is 0 Å². The first-order chi connectivity index (χ1) is 15.4. The third-order valence-corrected chi connectivity index (χ3v) is 5.47. The van der Waals surface area contributed by atoms with E-state index in [0.717, 1.165) is 37.7 Å². The van der Waals surface area contributed by atoms with Crippen LogP contribution in [-0.2, 0) is 9.59 Å². The number of urea groups is 1. The lowest BCUT2D eigenvalue weighted by Gasteiger charge is -2.27. The smallest absolute Gasteiger partial charge is 0.336 e. The monoisotopic (exact) mass is 439 g/mol. The highest BCUT2D eigenvalue weighted by atomic mass is 19.1. The number of nitrogens with one attached hydrogen (secondary N) is 1. The van der Waals surface area contributed by atoms with Gasteiger partial charge in [-0.3, -0.25) is 14.9 Å². The number of hydrogen-bond donors (Lipinski definition) is 1. The highest BCUT2D eigenvalue weighted by molar-refractivity contribution is 6.39. The molecule has 0 aliphatic carbocycles. The van der Waals surface area contributed by atoms with Gasteiger partial charge in [-0.05, 0) is 37.1 Å². The summed E-state index contributed by atoms with van der Waals surface area (Å²) in [4.78, 5) is 40.6. The minimum absolute atomic E-state index is 0.248. The van der Waals surface area contributed by atoms with Crippen LogP contribution < -0.4 is 24.6 Å². The number of hydrogen-bond acceptors (Lipinski definition) is 6. The van der Waals surface area contributed by atoms with Crippen molar-refractivity contribution in [3.05, 3.63) is 53.4 Å². The van der Waals surface area contributed by atoms with Gasteiger partial charge in [-0.1, -0.05) is 12.1 Å². The van der Waals surface area contributed by atoms with Crippen LogP contribution in [0.2, 0.25) is 0 Å². The third kappa shape index (κ3) is 3.77. The molecule has 2 heterocycles. The van der Waals surface area contributed by atoms with Gasteiger partial charge in [-0.15, -0.1) is 0 Å². The summed E-state index contributed by atoms with van der Waals surface area (Å²) in [6, 6.07) is 7.78. The van der Waals surface area contributed by atoms with Gasteiger partial charge in [-0.2, -0.15) is 0 Å². The van der Waals surface area contributed by atoms with Gasteiger partial charge in [0.2, 0.25) is 0 Å². The molecule has 8 nitrogen and oxygen atoms in total. The Bertz CT molecular complexity index is 1120. The predicted molar refractivity (Wildman–Crippen MR) is 116 cm³/mol. The molecule has 4 rings (SSSR count). The van der Waals surface area contributed by atoms with Crippen LogP contribution in [0.5, 0.6) is 11.5 Å². The normalized spacial score (nSPS) is 17.7. The van der Waals surface area contributed by atoms with Crippen molar-refractivity contribution >= 4 is 35.3 Å². The Morgan fingerprint density at radius 3 is 2.31 bits per heavy atom. The molecule has 1 N–H and O–H groups in total. The minimum Gasteiger partial charge on any atom is -0.496 e. The van der Waals surface area contributed by atoms with E-state index < -0.39 is 23.7 Å². The number of amides is 4. The fourth-order valence-electron chi connectivity index (χ4n) is 3.89. The fraction of sp³-hybridized carbons (Fsp3) is 0.261. The molecule has 2 aliphatic heterocycles. The molecule has 166 valence electrons. The molecule has 32 heavy (non-hydrogen) atoms. The van der Waals surface area contributed by atoms with E-state index in [4.69, 9.17) is 9.47 Å². The number of methoxy groups -OCH3 is 2. The van der Waals surface area contributed by atoms with Gasteiger partial charge in [-0.25, -0.2) is 14.1 Å². The molecular formula is C23H22FN3O5. The molecular weight excluding hydrogens is 417 g/mol. The zero-order valence-electron chi connectivity index (χ0n) is 17.7. The maximum absolute atomic E-state index is 14.3. The Morgan fingerprint density at radius 2 is 1.66 bits per heavy atom. The lowest BCUT2D eigenvalue weighted by Crippen LogP contribution is -2.54. The van der Waals surface area contributed by atoms with Crippen LogP contribution in [0, 0.1) is 5.82 Å². The number of barbiturate groups is 1. The van der Waals surface area contributed by atoms with E-state index in [1.54, 1.807) is 12.1 Å². The fourth-order valence-corrected chi connectivity index (χ4v) is 3.89. The van der Waals surface area contributed by atoms with E-state index in [1.807, 2.05) is 0 Å². The third-order valence-electron chi connectivity index (χ3n) is 5.47. The van der Waals surface area contributed by atoms with Crippen molar-refractivity contribution in [3.8, 4) is 11.5 Å². The molecule has 4 amide bonds. The van der Waals surface area contributed by atoms with E-state index in [9.17, 15) is 18.8 Å². The summed E-state index contributed by atoms with van der Waals surface area (Å²) in [5.74, 6) is -1.59. The molecule has 0 spiro atoms. The molecule has 0 aromatic heterocycles. The quantitative estimate of drug-likeness (QED) is 0.569. The predicted octanol–water partition coefficient (Wildman–Crippen LogP) is 3.11. The average Bonchev–Trinajstić information content (AvgIpc) is 3.32. The molecule has 2 aromatic carbocycles. The minimum atomic E-state index is -1.02. The molecule has 2 saturated heterocycles. The maximum atomic E-state index is 14.3. The molecule has 2 aliphatic rings. The zero-order valence-corrected chi connectivity index (χ0v) is 17.7. The first-order valence-electron chi connectivity index (χ1n) is 10.1. The van der Waals surface area contributed by atoms with E-state index in [0.29, 0.717) is 22.0 Å². The molecule has 0 unspecified atom stereocenters. The van der Waals surface area contributed by atoms with Crippen molar-refractivity contribution in [1.29, 1.82) is 0 Å². The van der Waals surface area contributed by atoms with Crippen LogP contribution in [0.25, 0.3) is 6.08 Å². The Morgan fingerprint density at radius 1 is 0.969 bits per heavy atom. The number of carbonyl (C=O) groups excluding carboxylic acids is 3. The Balaban J connectivity index is 1.78. The Kier molecular flexibility index (Phi) is 5.81. The van der Waals surface area contributed by atoms with Crippen molar-refractivity contribution in [2.24, 2.45) is 0 Å². The van der Waals surface area contributed by atoms with Crippen LogP contribution in [0.1, 0.15) is 18.4 Å². The molecule has 0 saturated carbocycles. The summed E-state index contributed by atoms with van der Waals surface area (Å²) < 4.78 is 25.3. The summed E-state index contributed by atoms with van der Waals surface area (Å²) in [7, 11) is 3.02. The first kappa shape index (κ1) is 21.4. The number of benzene rings is 2. The second-order valence-corrected chi connectivity index (χ2v) is 7.37. The second kappa shape index (κ2) is 8.70. The van der Waals surface area contributed by atoms with Crippen LogP contribution >= 0.6 is 0 Å². The molecule has 2 aromatic rings. The maximum Gasteiger partial charge on any atom is 0.336 e. The number of ether oxygens (including phenoxy) is 2. The van der Waals surface area contributed by atoms with Crippen molar-refractivity contribution in [2.45, 2.75) is 12.8 Å². The van der Waals surface area contributed by atoms with Crippen LogP contribution in [0.15, 0.2) is 42.0 Å². The summed E-state index contributed by atoms with van der Waals surface area (Å²) in [5.41, 5.74) is 0.685. The van der Waals surface area contributed by atoms with Crippen LogP contribution in [0.4, 0.5) is 20.6 Å². The van der Waals surface area contributed by atoms with E-state index in [2.05, 4.69) is 10.2 Å². The lowest BCUT2D eigenvalue weighted by atomic mass is 10.0. The summed E-state index contributed by atoms with van der Waals surface area (Å²) >= 11 is 0. The number of para-hydroxylation sites is 1. The number of rotatable bonds is 5. The van der Waals surface area contributed by atoms with Gasteiger partial charge >= 0.3 is 6.03 Å². The number of nitrogens with zero attached hydrogens (tertiary/aromatic N) is 2. The van der Waals surface area contributed by atoms with Gasteiger partial charge in [0.1, 0.15) is 22.9 Å². The number of carbonyl (C=O) groups is 3. The summed E-state index contributed by atoms with van der Waals surface area (Å²) in [6.45, 7) is 1.78. The number of anilines is 2. The van der Waals surface area contributed by atoms with E-state index >= 15 is 0 Å². The van der Waals surface area contributed by atoms with Gasteiger partial charge in [0.25, 0.3) is 11.8 Å². The van der Waals surface area contributed by atoms with Gasteiger partial charge in [0, 0.05) is 24.7 Å². The first-order valence-corrected chi connectivity index (χ1v) is 10.1. The number of halogens is 1. The highest BCUT2D eigenvalue weighted by Gasteiger charge is 2.38. The molecule has 0 bridgehead atoms. The highest BCUT2D eigenvalue weighted by Crippen LogP contribution is 2.38. The van der Waals surface area contributed by atoms with Crippen molar-refractivity contribution in [2.75, 3.05) is 37.1 Å².